The van der Waals surface area contributed by atoms with Crippen LogP contribution in [-0.2, 0) is 11.3 Å². The first kappa shape index (κ1) is 19.5. The monoisotopic (exact) mass is 379 g/mol. The fourth-order valence-electron chi connectivity index (χ4n) is 3.07. The van der Waals surface area contributed by atoms with Gasteiger partial charge in [0.1, 0.15) is 17.2 Å². The number of ether oxygens (including phenoxy) is 3. The quantitative estimate of drug-likeness (QED) is 0.615. The molecule has 0 bridgehead atoms. The lowest BCUT2D eigenvalue weighted by Crippen LogP contribution is -2.37. The third-order valence-electron chi connectivity index (χ3n) is 4.63. The first-order valence-electron chi connectivity index (χ1n) is 9.12. The smallest absolute Gasteiger partial charge is 0.263 e. The molecule has 0 heterocycles. The molecule has 3 rings (SSSR count). The number of benzene rings is 3. The van der Waals surface area contributed by atoms with E-state index in [1.807, 2.05) is 30.3 Å². The molecule has 0 aromatic heterocycles. The Kier molecular flexibility index (Phi) is 6.04. The van der Waals surface area contributed by atoms with Gasteiger partial charge in [-0.1, -0.05) is 18.2 Å². The van der Waals surface area contributed by atoms with E-state index in [0.29, 0.717) is 12.3 Å². The Morgan fingerprint density at radius 3 is 2.11 bits per heavy atom. The van der Waals surface area contributed by atoms with Gasteiger partial charge in [-0.25, -0.2) is 0 Å². The molecule has 0 spiro atoms. The second kappa shape index (κ2) is 8.65. The summed E-state index contributed by atoms with van der Waals surface area (Å²) in [7, 11) is 5.06. The Hall–Kier alpha value is -3.21. The molecular weight excluding hydrogens is 354 g/mol. The summed E-state index contributed by atoms with van der Waals surface area (Å²) in [4.78, 5) is 14.4. The molecule has 1 amide bonds. The predicted molar refractivity (Wildman–Crippen MR) is 110 cm³/mol. The van der Waals surface area contributed by atoms with Crippen molar-refractivity contribution in [3.8, 4) is 17.2 Å². The van der Waals surface area contributed by atoms with Crippen molar-refractivity contribution < 1.29 is 19.0 Å². The van der Waals surface area contributed by atoms with Crippen LogP contribution in [-0.4, -0.2) is 38.2 Å². The molecule has 28 heavy (non-hydrogen) atoms. The lowest BCUT2D eigenvalue weighted by molar-refractivity contribution is -0.137. The summed E-state index contributed by atoms with van der Waals surface area (Å²) in [5, 5.41) is 2.22. The first-order chi connectivity index (χ1) is 13.5. The highest BCUT2D eigenvalue weighted by molar-refractivity contribution is 5.85. The summed E-state index contributed by atoms with van der Waals surface area (Å²) >= 11 is 0. The molecule has 3 aromatic rings. The molecule has 5 nitrogen and oxygen atoms in total. The topological polar surface area (TPSA) is 48.0 Å². The number of amides is 1. The largest absolute Gasteiger partial charge is 0.497 e. The van der Waals surface area contributed by atoms with Gasteiger partial charge in [0.15, 0.2) is 6.10 Å². The fourth-order valence-corrected chi connectivity index (χ4v) is 3.07. The molecule has 1 unspecified atom stereocenters. The molecular formula is C23H25NO4. The van der Waals surface area contributed by atoms with Crippen molar-refractivity contribution in [3.63, 3.8) is 0 Å². The van der Waals surface area contributed by atoms with Crippen LogP contribution in [0.15, 0.2) is 60.7 Å². The third-order valence-corrected chi connectivity index (χ3v) is 4.63. The molecule has 146 valence electrons. The van der Waals surface area contributed by atoms with E-state index in [1.54, 1.807) is 57.4 Å². The van der Waals surface area contributed by atoms with Crippen LogP contribution in [0.2, 0.25) is 0 Å². The van der Waals surface area contributed by atoms with Gasteiger partial charge in [0.05, 0.1) is 14.2 Å². The number of hydrogen-bond donors (Lipinski definition) is 0. The zero-order valence-electron chi connectivity index (χ0n) is 16.6. The van der Waals surface area contributed by atoms with Gasteiger partial charge in [-0.3, -0.25) is 4.79 Å². The average molecular weight is 379 g/mol. The summed E-state index contributed by atoms with van der Waals surface area (Å²) in [5.41, 5.74) is 1.06. The van der Waals surface area contributed by atoms with Crippen molar-refractivity contribution in [2.45, 2.75) is 19.6 Å². The maximum absolute atomic E-state index is 12.7. The van der Waals surface area contributed by atoms with E-state index in [9.17, 15) is 4.79 Å². The van der Waals surface area contributed by atoms with E-state index in [0.717, 1.165) is 27.8 Å². The van der Waals surface area contributed by atoms with Crippen molar-refractivity contribution >= 4 is 16.7 Å². The van der Waals surface area contributed by atoms with Crippen LogP contribution in [0.25, 0.3) is 10.8 Å². The number of hydrogen-bond acceptors (Lipinski definition) is 4. The van der Waals surface area contributed by atoms with E-state index in [1.165, 1.54) is 0 Å². The van der Waals surface area contributed by atoms with Crippen LogP contribution in [0.3, 0.4) is 0 Å². The number of carbonyl (C=O) groups excluding carboxylic acids is 1. The Morgan fingerprint density at radius 2 is 1.43 bits per heavy atom. The number of carbonyl (C=O) groups is 1. The molecule has 0 saturated carbocycles. The number of fused-ring (bicyclic) bond motifs is 1. The van der Waals surface area contributed by atoms with Crippen molar-refractivity contribution in [3.05, 3.63) is 66.2 Å². The van der Waals surface area contributed by atoms with Crippen LogP contribution in [0.1, 0.15) is 12.5 Å². The minimum absolute atomic E-state index is 0.0781. The predicted octanol–water partition coefficient (Wildman–Crippen LogP) is 4.28. The number of rotatable bonds is 7. The van der Waals surface area contributed by atoms with Gasteiger partial charge in [-0.15, -0.1) is 0 Å². The minimum Gasteiger partial charge on any atom is -0.497 e. The number of likely N-dealkylation sites (N-methyl/N-ethyl adjacent to an activating group) is 1. The number of methoxy groups -OCH3 is 2. The van der Waals surface area contributed by atoms with Crippen LogP contribution in [0.5, 0.6) is 17.2 Å². The molecule has 0 saturated heterocycles. The van der Waals surface area contributed by atoms with Gasteiger partial charge in [0.2, 0.25) is 0 Å². The van der Waals surface area contributed by atoms with Crippen molar-refractivity contribution in [2.24, 2.45) is 0 Å². The second-order valence-corrected chi connectivity index (χ2v) is 6.68. The Labute approximate surface area is 165 Å². The molecule has 0 aliphatic carbocycles. The lowest BCUT2D eigenvalue weighted by atomic mass is 10.1. The van der Waals surface area contributed by atoms with Gasteiger partial charge in [-0.2, -0.15) is 0 Å². The van der Waals surface area contributed by atoms with Gasteiger partial charge in [-0.05, 0) is 65.7 Å². The van der Waals surface area contributed by atoms with E-state index in [-0.39, 0.29) is 5.91 Å². The molecule has 1 atom stereocenters. The molecule has 0 aliphatic heterocycles. The molecule has 0 N–H and O–H groups in total. The van der Waals surface area contributed by atoms with E-state index in [4.69, 9.17) is 14.2 Å². The highest BCUT2D eigenvalue weighted by Crippen LogP contribution is 2.23. The van der Waals surface area contributed by atoms with Crippen LogP contribution in [0, 0.1) is 0 Å². The zero-order chi connectivity index (χ0) is 20.1. The van der Waals surface area contributed by atoms with Crippen LogP contribution >= 0.6 is 0 Å². The maximum Gasteiger partial charge on any atom is 0.263 e. The molecule has 0 fully saturated rings. The summed E-state index contributed by atoms with van der Waals surface area (Å²) in [6.07, 6.45) is -0.580. The van der Waals surface area contributed by atoms with E-state index in [2.05, 4.69) is 6.07 Å². The SMILES string of the molecule is COc1ccc(OC(C)C(=O)N(C)Cc2ccc3cc(OC)ccc3c2)cc1. The minimum atomic E-state index is -0.580. The maximum atomic E-state index is 12.7. The first-order valence-corrected chi connectivity index (χ1v) is 9.12. The van der Waals surface area contributed by atoms with Gasteiger partial charge in [0, 0.05) is 13.6 Å². The molecule has 5 heteroatoms. The lowest BCUT2D eigenvalue weighted by Gasteiger charge is -2.22. The normalized spacial score (nSPS) is 11.7. The van der Waals surface area contributed by atoms with Gasteiger partial charge >= 0.3 is 0 Å². The second-order valence-electron chi connectivity index (χ2n) is 6.68. The standard InChI is InChI=1S/C23H25NO4/c1-16(28-21-11-9-20(26-3)10-12-21)23(25)24(2)15-17-5-6-19-14-22(27-4)8-7-18(19)13-17/h5-14,16H,15H2,1-4H3. The van der Waals surface area contributed by atoms with Crippen molar-refractivity contribution in [1.82, 2.24) is 4.90 Å². The molecule has 0 aliphatic rings. The van der Waals surface area contributed by atoms with Gasteiger partial charge < -0.3 is 19.1 Å². The summed E-state index contributed by atoms with van der Waals surface area (Å²) in [6, 6.07) is 19.3. The fraction of sp³-hybridized carbons (Fsp3) is 0.261. The molecule has 0 radical (unpaired) electrons. The zero-order valence-corrected chi connectivity index (χ0v) is 16.6. The third kappa shape index (κ3) is 4.55. The Balaban J connectivity index is 1.64. The summed E-state index contributed by atoms with van der Waals surface area (Å²) in [6.45, 7) is 2.27. The highest BCUT2D eigenvalue weighted by Gasteiger charge is 2.19. The van der Waals surface area contributed by atoms with Crippen molar-refractivity contribution in [1.29, 1.82) is 0 Å². The molecule has 3 aromatic carbocycles. The average Bonchev–Trinajstić information content (AvgIpc) is 2.73. The van der Waals surface area contributed by atoms with Crippen LogP contribution < -0.4 is 14.2 Å². The summed E-state index contributed by atoms with van der Waals surface area (Å²) in [5.74, 6) is 2.13. The van der Waals surface area contributed by atoms with Crippen molar-refractivity contribution in [2.75, 3.05) is 21.3 Å². The van der Waals surface area contributed by atoms with Crippen LogP contribution in [0.4, 0.5) is 0 Å². The highest BCUT2D eigenvalue weighted by atomic mass is 16.5. The summed E-state index contributed by atoms with van der Waals surface area (Å²) < 4.78 is 16.2. The Bertz CT molecular complexity index is 952. The van der Waals surface area contributed by atoms with E-state index < -0.39 is 6.10 Å². The van der Waals surface area contributed by atoms with Gasteiger partial charge in [0.25, 0.3) is 5.91 Å². The van der Waals surface area contributed by atoms with E-state index >= 15 is 0 Å². The number of nitrogens with zero attached hydrogens (tertiary/aromatic N) is 1. The Morgan fingerprint density at radius 1 is 0.857 bits per heavy atom.